The molecule has 1 aromatic heterocycles. The van der Waals surface area contributed by atoms with Crippen LogP contribution in [0.25, 0.3) is 0 Å². The number of carbonyl (C=O) groups is 1. The van der Waals surface area contributed by atoms with Crippen LogP contribution in [0.4, 0.5) is 17.6 Å². The van der Waals surface area contributed by atoms with E-state index in [0.717, 1.165) is 0 Å². The molecule has 1 heterocycles. The van der Waals surface area contributed by atoms with Crippen LogP contribution in [0.3, 0.4) is 0 Å². The molecule has 0 aliphatic carbocycles. The maximum absolute atomic E-state index is 12.5. The Morgan fingerprint density at radius 2 is 2.10 bits per heavy atom. The van der Waals surface area contributed by atoms with Gasteiger partial charge in [0, 0.05) is 7.05 Å². The molecule has 0 aliphatic heterocycles. The van der Waals surface area contributed by atoms with Gasteiger partial charge in [-0.05, 0) is 22.9 Å². The number of hydrogen-bond acceptors (Lipinski definition) is 3. The molecule has 0 aromatic carbocycles. The highest BCUT2D eigenvalue weighted by Gasteiger charge is 2.41. The van der Waals surface area contributed by atoms with E-state index in [9.17, 15) is 22.4 Å². The molecule has 0 saturated heterocycles. The van der Waals surface area contributed by atoms with E-state index < -0.39 is 31.3 Å². The molecule has 0 saturated carbocycles. The highest BCUT2D eigenvalue weighted by molar-refractivity contribution is 9.10. The summed E-state index contributed by atoms with van der Waals surface area (Å²) < 4.78 is 55.3. The Bertz CT molecular complexity index is 491. The summed E-state index contributed by atoms with van der Waals surface area (Å²) in [5.74, 6) is -4.75. The van der Waals surface area contributed by atoms with E-state index in [-0.39, 0.29) is 6.42 Å². The standard InChI is InChI=1S/C11H13BrF4N2O2/c1-6-9(12)8(18(2)17-6)3-7(19)4-20-5-11(15,16)10(13)14/h10H,3-5H2,1-2H3. The van der Waals surface area contributed by atoms with Crippen molar-refractivity contribution in [3.63, 3.8) is 0 Å². The normalized spacial score (nSPS) is 12.2. The fourth-order valence-electron chi connectivity index (χ4n) is 1.47. The van der Waals surface area contributed by atoms with Gasteiger partial charge in [-0.2, -0.15) is 13.9 Å². The lowest BCUT2D eigenvalue weighted by molar-refractivity contribution is -0.168. The quantitative estimate of drug-likeness (QED) is 0.701. The van der Waals surface area contributed by atoms with Gasteiger partial charge in [-0.15, -0.1) is 0 Å². The summed E-state index contributed by atoms with van der Waals surface area (Å²) >= 11 is 3.25. The Morgan fingerprint density at radius 1 is 1.50 bits per heavy atom. The molecule has 114 valence electrons. The molecule has 0 N–H and O–H groups in total. The molecule has 0 radical (unpaired) electrons. The molecule has 0 unspecified atom stereocenters. The van der Waals surface area contributed by atoms with Crippen molar-refractivity contribution in [1.29, 1.82) is 0 Å². The fourth-order valence-corrected chi connectivity index (χ4v) is 1.95. The molecule has 0 amide bonds. The second-order valence-electron chi connectivity index (χ2n) is 4.24. The highest BCUT2D eigenvalue weighted by Crippen LogP contribution is 2.23. The third-order valence-electron chi connectivity index (χ3n) is 2.50. The van der Waals surface area contributed by atoms with Crippen LogP contribution in [0.1, 0.15) is 11.4 Å². The molecule has 0 fully saturated rings. The topological polar surface area (TPSA) is 44.1 Å². The molecule has 0 atom stereocenters. The van der Waals surface area contributed by atoms with Gasteiger partial charge in [0.05, 0.1) is 22.3 Å². The number of carbonyl (C=O) groups excluding carboxylic acids is 1. The molecular weight excluding hydrogens is 348 g/mol. The van der Waals surface area contributed by atoms with E-state index in [2.05, 4.69) is 25.8 Å². The average molecular weight is 361 g/mol. The van der Waals surface area contributed by atoms with Gasteiger partial charge in [0.15, 0.2) is 5.78 Å². The number of halogens is 5. The maximum atomic E-state index is 12.5. The Balaban J connectivity index is 2.49. The van der Waals surface area contributed by atoms with Crippen LogP contribution in [-0.4, -0.2) is 41.1 Å². The summed E-state index contributed by atoms with van der Waals surface area (Å²) in [5.41, 5.74) is 1.25. The molecule has 1 rings (SSSR count). The van der Waals surface area contributed by atoms with E-state index in [0.29, 0.717) is 15.9 Å². The molecule has 0 aliphatic rings. The molecule has 9 heteroatoms. The van der Waals surface area contributed by atoms with E-state index >= 15 is 0 Å². The molecule has 0 bridgehead atoms. The first-order chi connectivity index (χ1) is 9.15. The zero-order valence-electron chi connectivity index (χ0n) is 10.8. The van der Waals surface area contributed by atoms with Crippen molar-refractivity contribution in [2.45, 2.75) is 25.7 Å². The van der Waals surface area contributed by atoms with Gasteiger partial charge in [0.25, 0.3) is 0 Å². The number of alkyl halides is 4. The van der Waals surface area contributed by atoms with Crippen molar-refractivity contribution in [2.75, 3.05) is 13.2 Å². The lowest BCUT2D eigenvalue weighted by Crippen LogP contribution is -2.33. The SMILES string of the molecule is Cc1nn(C)c(CC(=O)COCC(F)(F)C(F)F)c1Br. The van der Waals surface area contributed by atoms with E-state index in [4.69, 9.17) is 0 Å². The lowest BCUT2D eigenvalue weighted by Gasteiger charge is -2.14. The fraction of sp³-hybridized carbons (Fsp3) is 0.636. The van der Waals surface area contributed by atoms with Crippen molar-refractivity contribution in [1.82, 2.24) is 9.78 Å². The molecule has 0 spiro atoms. The van der Waals surface area contributed by atoms with E-state index in [1.165, 1.54) is 4.68 Å². The summed E-state index contributed by atoms with van der Waals surface area (Å²) in [7, 11) is 1.63. The van der Waals surface area contributed by atoms with E-state index in [1.807, 2.05) is 0 Å². The molecule has 4 nitrogen and oxygen atoms in total. The first-order valence-electron chi connectivity index (χ1n) is 5.58. The second kappa shape index (κ2) is 6.66. The van der Waals surface area contributed by atoms with E-state index in [1.54, 1.807) is 14.0 Å². The Kier molecular flexibility index (Phi) is 5.69. The summed E-state index contributed by atoms with van der Waals surface area (Å²) in [6.07, 6.45) is -3.90. The number of Topliss-reactive ketones (excluding diaryl/α,β-unsaturated/α-hetero) is 1. The predicted octanol–water partition coefficient (Wildman–Crippen LogP) is 2.52. The van der Waals surface area contributed by atoms with Crippen molar-refractivity contribution >= 4 is 21.7 Å². The molecule has 1 aromatic rings. The number of rotatable bonds is 7. The maximum Gasteiger partial charge on any atom is 0.330 e. The Morgan fingerprint density at radius 3 is 2.55 bits per heavy atom. The van der Waals surface area contributed by atoms with Crippen LogP contribution in [0.15, 0.2) is 4.47 Å². The number of ketones is 1. The summed E-state index contributed by atoms with van der Waals surface area (Å²) in [6, 6.07) is 0. The third-order valence-corrected chi connectivity index (χ3v) is 3.53. The van der Waals surface area contributed by atoms with Crippen LogP contribution in [0.5, 0.6) is 0 Å². The van der Waals surface area contributed by atoms with Gasteiger partial charge < -0.3 is 4.74 Å². The smallest absolute Gasteiger partial charge is 0.330 e. The van der Waals surface area contributed by atoms with Gasteiger partial charge >= 0.3 is 12.3 Å². The summed E-state index contributed by atoms with van der Waals surface area (Å²) in [6.45, 7) is -0.404. The third kappa shape index (κ3) is 4.27. The van der Waals surface area contributed by atoms with Gasteiger partial charge in [0.2, 0.25) is 0 Å². The van der Waals surface area contributed by atoms with Crippen molar-refractivity contribution in [3.05, 3.63) is 15.9 Å². The lowest BCUT2D eigenvalue weighted by atomic mass is 10.2. The molecular formula is C11H13BrF4N2O2. The minimum absolute atomic E-state index is 0.0851. The van der Waals surface area contributed by atoms with Crippen molar-refractivity contribution in [2.24, 2.45) is 7.05 Å². The zero-order valence-corrected chi connectivity index (χ0v) is 12.4. The minimum Gasteiger partial charge on any atom is -0.367 e. The number of ether oxygens (including phenoxy) is 1. The Hall–Kier alpha value is -0.960. The molecule has 20 heavy (non-hydrogen) atoms. The summed E-state index contributed by atoms with van der Waals surface area (Å²) in [5, 5.41) is 4.06. The number of nitrogens with zero attached hydrogens (tertiary/aromatic N) is 2. The van der Waals surface area contributed by atoms with Gasteiger partial charge in [0.1, 0.15) is 13.2 Å². The van der Waals surface area contributed by atoms with Gasteiger partial charge in [-0.25, -0.2) is 8.78 Å². The zero-order chi connectivity index (χ0) is 15.5. The van der Waals surface area contributed by atoms with Gasteiger partial charge in [-0.3, -0.25) is 9.48 Å². The first-order valence-corrected chi connectivity index (χ1v) is 6.38. The van der Waals surface area contributed by atoms with Crippen LogP contribution in [-0.2, 0) is 23.0 Å². The first kappa shape index (κ1) is 17.1. The summed E-state index contributed by atoms with van der Waals surface area (Å²) in [4.78, 5) is 11.6. The minimum atomic E-state index is -4.25. The predicted molar refractivity (Wildman–Crippen MR) is 66.1 cm³/mol. The second-order valence-corrected chi connectivity index (χ2v) is 5.03. The van der Waals surface area contributed by atoms with Crippen LogP contribution in [0, 0.1) is 6.92 Å². The Labute approximate surface area is 121 Å². The van der Waals surface area contributed by atoms with Crippen LogP contribution < -0.4 is 0 Å². The number of hydrogen-bond donors (Lipinski definition) is 0. The van der Waals surface area contributed by atoms with Crippen molar-refractivity contribution in [3.8, 4) is 0 Å². The van der Waals surface area contributed by atoms with Crippen LogP contribution >= 0.6 is 15.9 Å². The monoisotopic (exact) mass is 360 g/mol. The van der Waals surface area contributed by atoms with Gasteiger partial charge in [-0.1, -0.05) is 0 Å². The van der Waals surface area contributed by atoms with Crippen LogP contribution in [0.2, 0.25) is 0 Å². The van der Waals surface area contributed by atoms with Crippen molar-refractivity contribution < 1.29 is 27.1 Å². The highest BCUT2D eigenvalue weighted by atomic mass is 79.9. The largest absolute Gasteiger partial charge is 0.367 e. The average Bonchev–Trinajstić information content (AvgIpc) is 2.55. The number of aryl methyl sites for hydroxylation is 2. The number of aromatic nitrogens is 2.